The summed E-state index contributed by atoms with van der Waals surface area (Å²) >= 11 is 0. The van der Waals surface area contributed by atoms with E-state index in [1.807, 2.05) is 18.2 Å². The molecular weight excluding hydrogens is 192 g/mol. The summed E-state index contributed by atoms with van der Waals surface area (Å²) < 4.78 is 10.5. The van der Waals surface area contributed by atoms with Gasteiger partial charge < -0.3 is 15.0 Å². The fraction of sp³-hybridized carbons (Fsp3) is 0.364. The number of hydrogen-bond donors (Lipinski definition) is 1. The highest BCUT2D eigenvalue weighted by Gasteiger charge is 2.45. The highest BCUT2D eigenvalue weighted by Crippen LogP contribution is 2.46. The molecule has 4 nitrogen and oxygen atoms in total. The molecule has 1 fully saturated rings. The van der Waals surface area contributed by atoms with Gasteiger partial charge in [-0.25, -0.2) is 0 Å². The number of aromatic nitrogens is 1. The van der Waals surface area contributed by atoms with Crippen molar-refractivity contribution in [3.8, 4) is 5.75 Å². The molecule has 1 saturated carbocycles. The second-order valence-electron chi connectivity index (χ2n) is 4.02. The summed E-state index contributed by atoms with van der Waals surface area (Å²) in [5.41, 5.74) is 6.56. The Bertz CT molecular complexity index is 514. The van der Waals surface area contributed by atoms with Crippen LogP contribution >= 0.6 is 0 Å². The molecule has 1 heterocycles. The van der Waals surface area contributed by atoms with Crippen LogP contribution in [-0.2, 0) is 5.54 Å². The Balaban J connectivity index is 2.26. The Morgan fingerprint density at radius 2 is 2.27 bits per heavy atom. The van der Waals surface area contributed by atoms with Crippen LogP contribution in [0.4, 0.5) is 0 Å². The first-order valence-corrected chi connectivity index (χ1v) is 4.96. The summed E-state index contributed by atoms with van der Waals surface area (Å²) in [7, 11) is 1.62. The maximum Gasteiger partial charge on any atom is 0.164 e. The van der Waals surface area contributed by atoms with Gasteiger partial charge in [-0.15, -0.1) is 0 Å². The van der Waals surface area contributed by atoms with Crippen LogP contribution in [-0.4, -0.2) is 12.3 Å². The fourth-order valence-corrected chi connectivity index (χ4v) is 1.83. The molecule has 0 spiro atoms. The molecule has 0 saturated heterocycles. The van der Waals surface area contributed by atoms with Crippen molar-refractivity contribution in [2.24, 2.45) is 5.73 Å². The van der Waals surface area contributed by atoms with Crippen LogP contribution in [0.1, 0.15) is 18.6 Å². The molecule has 1 aliphatic carbocycles. The molecule has 1 aliphatic rings. The van der Waals surface area contributed by atoms with Crippen molar-refractivity contribution >= 4 is 10.9 Å². The lowest BCUT2D eigenvalue weighted by atomic mass is 10.1. The first-order valence-electron chi connectivity index (χ1n) is 4.96. The molecular formula is C11H12N2O2. The van der Waals surface area contributed by atoms with Crippen molar-refractivity contribution in [2.45, 2.75) is 18.4 Å². The van der Waals surface area contributed by atoms with E-state index in [0.717, 1.165) is 35.3 Å². The number of nitrogens with two attached hydrogens (primary N) is 1. The third-order valence-electron chi connectivity index (χ3n) is 2.93. The molecule has 0 amide bonds. The van der Waals surface area contributed by atoms with Gasteiger partial charge in [-0.1, -0.05) is 11.2 Å². The third-order valence-corrected chi connectivity index (χ3v) is 2.93. The zero-order chi connectivity index (χ0) is 10.5. The number of ether oxygens (including phenoxy) is 1. The number of nitrogens with zero attached hydrogens (tertiary/aromatic N) is 1. The summed E-state index contributed by atoms with van der Waals surface area (Å²) in [5, 5.41) is 4.98. The Labute approximate surface area is 87.0 Å². The lowest BCUT2D eigenvalue weighted by molar-refractivity contribution is 0.358. The number of fused-ring (bicyclic) bond motifs is 1. The monoisotopic (exact) mass is 204 g/mol. The number of methoxy groups -OCH3 is 1. The van der Waals surface area contributed by atoms with Crippen LogP contribution in [0.25, 0.3) is 10.9 Å². The maximum absolute atomic E-state index is 6.10. The summed E-state index contributed by atoms with van der Waals surface area (Å²) in [4.78, 5) is 0. The van der Waals surface area contributed by atoms with Crippen molar-refractivity contribution in [1.82, 2.24) is 5.16 Å². The van der Waals surface area contributed by atoms with E-state index in [9.17, 15) is 0 Å². The Morgan fingerprint density at radius 1 is 1.47 bits per heavy atom. The lowest BCUT2D eigenvalue weighted by Crippen LogP contribution is -2.17. The van der Waals surface area contributed by atoms with Gasteiger partial charge in [-0.3, -0.25) is 0 Å². The largest absolute Gasteiger partial charge is 0.494 e. The molecule has 2 N–H and O–H groups in total. The number of hydrogen-bond acceptors (Lipinski definition) is 4. The van der Waals surface area contributed by atoms with Gasteiger partial charge in [0.25, 0.3) is 0 Å². The van der Waals surface area contributed by atoms with E-state index in [1.54, 1.807) is 7.11 Å². The van der Waals surface area contributed by atoms with Crippen LogP contribution in [0.2, 0.25) is 0 Å². The van der Waals surface area contributed by atoms with Crippen molar-refractivity contribution in [3.05, 3.63) is 24.0 Å². The predicted molar refractivity (Wildman–Crippen MR) is 55.7 cm³/mol. The molecule has 1 aromatic carbocycles. The minimum absolute atomic E-state index is 0.291. The molecule has 15 heavy (non-hydrogen) atoms. The van der Waals surface area contributed by atoms with Gasteiger partial charge in [-0.2, -0.15) is 0 Å². The highest BCUT2D eigenvalue weighted by molar-refractivity contribution is 5.87. The van der Waals surface area contributed by atoms with Crippen LogP contribution in [0.3, 0.4) is 0 Å². The van der Waals surface area contributed by atoms with Gasteiger partial charge in [0.1, 0.15) is 5.75 Å². The smallest absolute Gasteiger partial charge is 0.164 e. The van der Waals surface area contributed by atoms with Crippen LogP contribution in [0, 0.1) is 0 Å². The summed E-state index contributed by atoms with van der Waals surface area (Å²) in [6.07, 6.45) is 1.93. The average molecular weight is 204 g/mol. The molecule has 0 aliphatic heterocycles. The van der Waals surface area contributed by atoms with Crippen molar-refractivity contribution < 1.29 is 9.26 Å². The molecule has 4 heteroatoms. The number of rotatable bonds is 2. The fourth-order valence-electron chi connectivity index (χ4n) is 1.83. The maximum atomic E-state index is 6.10. The van der Waals surface area contributed by atoms with Gasteiger partial charge in [0.05, 0.1) is 18.0 Å². The van der Waals surface area contributed by atoms with E-state index in [2.05, 4.69) is 5.16 Å². The first kappa shape index (κ1) is 8.73. The normalized spacial score (nSPS) is 18.0. The standard InChI is InChI=1S/C11H12N2O2/c1-14-8-4-2-3-7-9(8)13-15-10(7)11(12)5-6-11/h2-4H,5-6,12H2,1H3. The minimum atomic E-state index is -0.291. The quantitative estimate of drug-likeness (QED) is 0.810. The Morgan fingerprint density at radius 3 is 2.93 bits per heavy atom. The second kappa shape index (κ2) is 2.73. The van der Waals surface area contributed by atoms with E-state index < -0.39 is 0 Å². The summed E-state index contributed by atoms with van der Waals surface area (Å²) in [6, 6.07) is 5.76. The predicted octanol–water partition coefficient (Wildman–Crippen LogP) is 1.78. The highest BCUT2D eigenvalue weighted by atomic mass is 16.5. The van der Waals surface area contributed by atoms with Crippen molar-refractivity contribution in [3.63, 3.8) is 0 Å². The van der Waals surface area contributed by atoms with E-state index in [4.69, 9.17) is 15.0 Å². The van der Waals surface area contributed by atoms with Gasteiger partial charge in [0, 0.05) is 0 Å². The van der Waals surface area contributed by atoms with E-state index in [1.165, 1.54) is 0 Å². The Kier molecular flexibility index (Phi) is 1.59. The average Bonchev–Trinajstić information content (AvgIpc) is 2.84. The summed E-state index contributed by atoms with van der Waals surface area (Å²) in [5.74, 6) is 1.52. The molecule has 0 unspecified atom stereocenters. The van der Waals surface area contributed by atoms with Gasteiger partial charge >= 0.3 is 0 Å². The van der Waals surface area contributed by atoms with E-state index in [0.29, 0.717) is 0 Å². The topological polar surface area (TPSA) is 61.3 Å². The van der Waals surface area contributed by atoms with Crippen LogP contribution in [0.15, 0.2) is 22.7 Å². The molecule has 0 radical (unpaired) electrons. The van der Waals surface area contributed by atoms with Crippen molar-refractivity contribution in [2.75, 3.05) is 7.11 Å². The zero-order valence-corrected chi connectivity index (χ0v) is 8.49. The number of benzene rings is 1. The van der Waals surface area contributed by atoms with Gasteiger partial charge in [-0.05, 0) is 25.0 Å². The summed E-state index contributed by atoms with van der Waals surface area (Å²) in [6.45, 7) is 0. The molecule has 0 bridgehead atoms. The zero-order valence-electron chi connectivity index (χ0n) is 8.49. The third kappa shape index (κ3) is 1.15. The molecule has 0 atom stereocenters. The van der Waals surface area contributed by atoms with E-state index in [-0.39, 0.29) is 5.54 Å². The van der Waals surface area contributed by atoms with Crippen LogP contribution in [0.5, 0.6) is 5.75 Å². The lowest BCUT2D eigenvalue weighted by Gasteiger charge is -2.03. The van der Waals surface area contributed by atoms with Gasteiger partial charge in [0.15, 0.2) is 11.3 Å². The molecule has 2 aromatic rings. The van der Waals surface area contributed by atoms with Crippen molar-refractivity contribution in [1.29, 1.82) is 0 Å². The molecule has 1 aromatic heterocycles. The molecule has 3 rings (SSSR count). The van der Waals surface area contributed by atoms with Crippen LogP contribution < -0.4 is 10.5 Å². The Hall–Kier alpha value is -1.55. The second-order valence-corrected chi connectivity index (χ2v) is 4.02. The van der Waals surface area contributed by atoms with Gasteiger partial charge in [0.2, 0.25) is 0 Å². The minimum Gasteiger partial charge on any atom is -0.494 e. The SMILES string of the molecule is COc1cccc2c(C3(N)CC3)onc12. The first-order chi connectivity index (χ1) is 7.24. The van der Waals surface area contributed by atoms with E-state index >= 15 is 0 Å². The molecule has 78 valence electrons.